The molecule has 1 aromatic heterocycles. The molecule has 3 rings (SSSR count). The Labute approximate surface area is 134 Å². The molecule has 0 radical (unpaired) electrons. The molecule has 116 valence electrons. The van der Waals surface area contributed by atoms with E-state index < -0.39 is 0 Å². The molecule has 2 aromatic carbocycles. The first-order chi connectivity index (χ1) is 11.3. The van der Waals surface area contributed by atoms with Crippen molar-refractivity contribution in [1.82, 2.24) is 9.55 Å². The van der Waals surface area contributed by atoms with Crippen molar-refractivity contribution >= 4 is 11.6 Å². The number of rotatable bonds is 5. The van der Waals surface area contributed by atoms with Gasteiger partial charge >= 0.3 is 0 Å². The van der Waals surface area contributed by atoms with E-state index in [9.17, 15) is 4.79 Å². The second-order valence-corrected chi connectivity index (χ2v) is 5.09. The number of anilines is 1. The van der Waals surface area contributed by atoms with Gasteiger partial charge in [0.15, 0.2) is 0 Å². The van der Waals surface area contributed by atoms with Crippen molar-refractivity contribution in [2.75, 3.05) is 12.4 Å². The first-order valence-electron chi connectivity index (χ1n) is 7.25. The summed E-state index contributed by atoms with van der Waals surface area (Å²) >= 11 is 0. The second-order valence-electron chi connectivity index (χ2n) is 5.09. The number of benzene rings is 2. The highest BCUT2D eigenvalue weighted by Gasteiger charge is 2.10. The number of nitrogens with one attached hydrogen (secondary N) is 1. The summed E-state index contributed by atoms with van der Waals surface area (Å²) in [6, 6.07) is 17.3. The Kier molecular flexibility index (Phi) is 4.49. The fourth-order valence-corrected chi connectivity index (χ4v) is 2.28. The van der Waals surface area contributed by atoms with Crippen LogP contribution in [-0.4, -0.2) is 22.6 Å². The smallest absolute Gasteiger partial charge is 0.275 e. The van der Waals surface area contributed by atoms with Gasteiger partial charge in [-0.25, -0.2) is 4.98 Å². The maximum Gasteiger partial charge on any atom is 0.275 e. The van der Waals surface area contributed by atoms with Gasteiger partial charge in [0, 0.05) is 24.7 Å². The lowest BCUT2D eigenvalue weighted by Gasteiger charge is -2.06. The van der Waals surface area contributed by atoms with Gasteiger partial charge in [0.1, 0.15) is 12.0 Å². The van der Waals surface area contributed by atoms with Gasteiger partial charge in [-0.15, -0.1) is 0 Å². The largest absolute Gasteiger partial charge is 0.380 e. The van der Waals surface area contributed by atoms with E-state index in [0.29, 0.717) is 12.3 Å². The van der Waals surface area contributed by atoms with Gasteiger partial charge in [0.05, 0.1) is 6.61 Å². The number of aromatic nitrogens is 2. The first kappa shape index (κ1) is 15.0. The lowest BCUT2D eigenvalue weighted by atomic mass is 10.2. The Morgan fingerprint density at radius 2 is 2.00 bits per heavy atom. The fraction of sp³-hybridized carbons (Fsp3) is 0.111. The molecular weight excluding hydrogens is 290 g/mol. The van der Waals surface area contributed by atoms with E-state index in [4.69, 9.17) is 4.74 Å². The zero-order valence-corrected chi connectivity index (χ0v) is 12.8. The summed E-state index contributed by atoms with van der Waals surface area (Å²) in [5, 5.41) is 2.85. The minimum Gasteiger partial charge on any atom is -0.380 e. The van der Waals surface area contributed by atoms with E-state index in [-0.39, 0.29) is 5.91 Å². The van der Waals surface area contributed by atoms with E-state index in [0.717, 1.165) is 16.9 Å². The molecule has 23 heavy (non-hydrogen) atoms. The van der Waals surface area contributed by atoms with Crippen LogP contribution in [0.4, 0.5) is 5.69 Å². The molecule has 0 aliphatic carbocycles. The highest BCUT2D eigenvalue weighted by molar-refractivity contribution is 6.02. The van der Waals surface area contributed by atoms with Gasteiger partial charge in [-0.2, -0.15) is 0 Å². The second kappa shape index (κ2) is 6.89. The molecular formula is C18H17N3O2. The highest BCUT2D eigenvalue weighted by Crippen LogP contribution is 2.13. The molecule has 5 heteroatoms. The Morgan fingerprint density at radius 1 is 1.17 bits per heavy atom. The summed E-state index contributed by atoms with van der Waals surface area (Å²) in [6.07, 6.45) is 3.34. The standard InChI is InChI=1S/C18H17N3O2/c1-23-12-14-6-5-7-15(10-14)20-18(22)17-11-21(13-19-17)16-8-3-2-4-9-16/h2-11,13H,12H2,1H3,(H,20,22). The third-order valence-electron chi connectivity index (χ3n) is 3.37. The van der Waals surface area contributed by atoms with Crippen LogP contribution < -0.4 is 5.32 Å². The predicted molar refractivity (Wildman–Crippen MR) is 88.7 cm³/mol. The Morgan fingerprint density at radius 3 is 2.78 bits per heavy atom. The molecule has 1 heterocycles. The van der Waals surface area contributed by atoms with Crippen LogP contribution in [0.1, 0.15) is 16.1 Å². The van der Waals surface area contributed by atoms with Crippen LogP contribution in [0.25, 0.3) is 5.69 Å². The van der Waals surface area contributed by atoms with Crippen molar-refractivity contribution in [2.45, 2.75) is 6.61 Å². The first-order valence-corrected chi connectivity index (χ1v) is 7.25. The van der Waals surface area contributed by atoms with Crippen molar-refractivity contribution in [3.8, 4) is 5.69 Å². The van der Waals surface area contributed by atoms with Gasteiger partial charge in [0.25, 0.3) is 5.91 Å². The molecule has 0 saturated carbocycles. The van der Waals surface area contributed by atoms with E-state index in [1.54, 1.807) is 19.6 Å². The van der Waals surface area contributed by atoms with E-state index in [1.165, 1.54) is 0 Å². The highest BCUT2D eigenvalue weighted by atomic mass is 16.5. The number of amides is 1. The predicted octanol–water partition coefficient (Wildman–Crippen LogP) is 3.27. The van der Waals surface area contributed by atoms with Gasteiger partial charge < -0.3 is 14.6 Å². The van der Waals surface area contributed by atoms with Crippen LogP contribution in [0.5, 0.6) is 0 Å². The van der Waals surface area contributed by atoms with Crippen LogP contribution in [0.2, 0.25) is 0 Å². The number of hydrogen-bond acceptors (Lipinski definition) is 3. The van der Waals surface area contributed by atoms with Crippen LogP contribution in [0, 0.1) is 0 Å². The summed E-state index contributed by atoms with van der Waals surface area (Å²) < 4.78 is 6.91. The topological polar surface area (TPSA) is 56.1 Å². The summed E-state index contributed by atoms with van der Waals surface area (Å²) in [5.74, 6) is -0.241. The molecule has 0 aliphatic rings. The average Bonchev–Trinajstić information content (AvgIpc) is 3.06. The van der Waals surface area contributed by atoms with Crippen LogP contribution >= 0.6 is 0 Å². The van der Waals surface area contributed by atoms with E-state index in [2.05, 4.69) is 10.3 Å². The van der Waals surface area contributed by atoms with Gasteiger partial charge in [-0.1, -0.05) is 30.3 Å². The number of ether oxygens (including phenoxy) is 1. The molecule has 1 N–H and O–H groups in total. The molecule has 0 bridgehead atoms. The minimum atomic E-state index is -0.241. The SMILES string of the molecule is COCc1cccc(NC(=O)c2cn(-c3ccccc3)cn2)c1. The summed E-state index contributed by atoms with van der Waals surface area (Å²) in [5.41, 5.74) is 3.05. The Bertz CT molecular complexity index is 797. The third-order valence-corrected chi connectivity index (χ3v) is 3.37. The number of carbonyl (C=O) groups is 1. The molecule has 1 amide bonds. The van der Waals surface area contributed by atoms with Crippen molar-refractivity contribution < 1.29 is 9.53 Å². The monoisotopic (exact) mass is 307 g/mol. The Balaban J connectivity index is 1.74. The zero-order valence-electron chi connectivity index (χ0n) is 12.8. The van der Waals surface area contributed by atoms with Gasteiger partial charge in [-0.05, 0) is 29.8 Å². The quantitative estimate of drug-likeness (QED) is 0.787. The van der Waals surface area contributed by atoms with Gasteiger partial charge in [-0.3, -0.25) is 4.79 Å². The number of methoxy groups -OCH3 is 1. The van der Waals surface area contributed by atoms with Crippen LogP contribution in [0.15, 0.2) is 67.1 Å². The number of carbonyl (C=O) groups excluding carboxylic acids is 1. The van der Waals surface area contributed by atoms with Crippen LogP contribution in [-0.2, 0) is 11.3 Å². The summed E-state index contributed by atoms with van der Waals surface area (Å²) in [4.78, 5) is 16.5. The summed E-state index contributed by atoms with van der Waals surface area (Å²) in [7, 11) is 1.64. The lowest BCUT2D eigenvalue weighted by Crippen LogP contribution is -2.12. The number of imidazole rings is 1. The van der Waals surface area contributed by atoms with Crippen molar-refractivity contribution in [3.63, 3.8) is 0 Å². The zero-order chi connectivity index (χ0) is 16.1. The van der Waals surface area contributed by atoms with E-state index >= 15 is 0 Å². The minimum absolute atomic E-state index is 0.241. The maximum atomic E-state index is 12.3. The van der Waals surface area contributed by atoms with Crippen LogP contribution in [0.3, 0.4) is 0 Å². The molecule has 5 nitrogen and oxygen atoms in total. The average molecular weight is 307 g/mol. The molecule has 0 atom stereocenters. The lowest BCUT2D eigenvalue weighted by molar-refractivity contribution is 0.102. The molecule has 3 aromatic rings. The molecule has 0 aliphatic heterocycles. The molecule has 0 unspecified atom stereocenters. The van der Waals surface area contributed by atoms with Crippen molar-refractivity contribution in [2.24, 2.45) is 0 Å². The molecule has 0 spiro atoms. The number of nitrogens with zero attached hydrogens (tertiary/aromatic N) is 2. The van der Waals surface area contributed by atoms with Crippen molar-refractivity contribution in [1.29, 1.82) is 0 Å². The molecule has 0 fully saturated rings. The number of para-hydroxylation sites is 1. The fourth-order valence-electron chi connectivity index (χ4n) is 2.28. The van der Waals surface area contributed by atoms with Crippen molar-refractivity contribution in [3.05, 3.63) is 78.4 Å². The molecule has 0 saturated heterocycles. The normalized spacial score (nSPS) is 10.5. The maximum absolute atomic E-state index is 12.3. The number of hydrogen-bond donors (Lipinski definition) is 1. The summed E-state index contributed by atoms with van der Waals surface area (Å²) in [6.45, 7) is 0.506. The Hall–Kier alpha value is -2.92. The third kappa shape index (κ3) is 3.64. The van der Waals surface area contributed by atoms with Gasteiger partial charge in [0.2, 0.25) is 0 Å². The van der Waals surface area contributed by atoms with E-state index in [1.807, 2.05) is 59.2 Å².